The molecule has 1 N–H and O–H groups in total. The molecule has 1 saturated carbocycles. The summed E-state index contributed by atoms with van der Waals surface area (Å²) in [4.78, 5) is 23.4. The number of carboxylic acid groups (broad SMARTS) is 1. The van der Waals surface area contributed by atoms with Crippen LogP contribution in [-0.4, -0.2) is 15.6 Å². The number of carbonyl (C=O) groups is 1. The Labute approximate surface area is 113 Å². The number of rotatable bonds is 3. The third kappa shape index (κ3) is 2.57. The third-order valence-corrected chi connectivity index (χ3v) is 4.44. The summed E-state index contributed by atoms with van der Waals surface area (Å²) in [6.07, 6.45) is 3.54. The number of carboxylic acids is 1. The van der Waals surface area contributed by atoms with Crippen molar-refractivity contribution in [1.82, 2.24) is 4.57 Å². The highest BCUT2D eigenvalue weighted by atomic mass is 16.4. The Morgan fingerprint density at radius 2 is 2.11 bits per heavy atom. The predicted octanol–water partition coefficient (Wildman–Crippen LogP) is 2.60. The summed E-state index contributed by atoms with van der Waals surface area (Å²) in [5, 5.41) is 9.26. The summed E-state index contributed by atoms with van der Waals surface area (Å²) in [7, 11) is 0. The largest absolute Gasteiger partial charge is 0.478 e. The monoisotopic (exact) mass is 263 g/mol. The standard InChI is InChI=1S/C15H21NO3/c1-9-5-4-6-12(9)8-16-11(3)14(15(18)19)10(2)7-13(16)17/h7,9,12H,4-6,8H2,1-3H3,(H,18,19). The second-order valence-corrected chi connectivity index (χ2v) is 5.71. The molecule has 2 unspecified atom stereocenters. The second kappa shape index (κ2) is 5.19. The van der Waals surface area contributed by atoms with E-state index in [1.165, 1.54) is 18.9 Å². The third-order valence-electron chi connectivity index (χ3n) is 4.44. The topological polar surface area (TPSA) is 59.3 Å². The zero-order valence-electron chi connectivity index (χ0n) is 11.8. The van der Waals surface area contributed by atoms with E-state index in [1.807, 2.05) is 0 Å². The normalized spacial score (nSPS) is 22.7. The zero-order chi connectivity index (χ0) is 14.2. The first-order valence-corrected chi connectivity index (χ1v) is 6.86. The molecule has 19 heavy (non-hydrogen) atoms. The van der Waals surface area contributed by atoms with E-state index in [0.29, 0.717) is 29.6 Å². The summed E-state index contributed by atoms with van der Waals surface area (Å²) in [6.45, 7) is 6.27. The Morgan fingerprint density at radius 1 is 1.42 bits per heavy atom. The van der Waals surface area contributed by atoms with Crippen molar-refractivity contribution >= 4 is 5.97 Å². The number of aryl methyl sites for hydroxylation is 1. The van der Waals surface area contributed by atoms with E-state index in [2.05, 4.69) is 6.92 Å². The molecule has 0 bridgehead atoms. The number of aromatic carboxylic acids is 1. The van der Waals surface area contributed by atoms with Crippen molar-refractivity contribution in [3.63, 3.8) is 0 Å². The minimum atomic E-state index is -0.955. The molecular weight excluding hydrogens is 242 g/mol. The Morgan fingerprint density at radius 3 is 2.63 bits per heavy atom. The number of hydrogen-bond donors (Lipinski definition) is 1. The van der Waals surface area contributed by atoms with Gasteiger partial charge in [0.25, 0.3) is 5.56 Å². The van der Waals surface area contributed by atoms with E-state index in [1.54, 1.807) is 18.4 Å². The summed E-state index contributed by atoms with van der Waals surface area (Å²) < 4.78 is 1.64. The molecule has 2 rings (SSSR count). The van der Waals surface area contributed by atoms with Crippen molar-refractivity contribution in [3.05, 3.63) is 33.2 Å². The van der Waals surface area contributed by atoms with Gasteiger partial charge in [0.1, 0.15) is 0 Å². The lowest BCUT2D eigenvalue weighted by Gasteiger charge is -2.20. The van der Waals surface area contributed by atoms with E-state index < -0.39 is 5.97 Å². The van der Waals surface area contributed by atoms with Crippen LogP contribution in [-0.2, 0) is 6.54 Å². The van der Waals surface area contributed by atoms with Gasteiger partial charge in [-0.05, 0) is 37.7 Å². The molecular formula is C15H21NO3. The van der Waals surface area contributed by atoms with Gasteiger partial charge in [-0.25, -0.2) is 4.79 Å². The van der Waals surface area contributed by atoms with Crippen LogP contribution in [0.4, 0.5) is 0 Å². The van der Waals surface area contributed by atoms with E-state index in [0.717, 1.165) is 6.42 Å². The number of pyridine rings is 1. The van der Waals surface area contributed by atoms with Gasteiger partial charge in [0, 0.05) is 18.3 Å². The van der Waals surface area contributed by atoms with Crippen LogP contribution in [0.15, 0.2) is 10.9 Å². The van der Waals surface area contributed by atoms with Crippen molar-refractivity contribution in [2.45, 2.75) is 46.6 Å². The van der Waals surface area contributed by atoms with Gasteiger partial charge in [-0.15, -0.1) is 0 Å². The average Bonchev–Trinajstić information content (AvgIpc) is 2.69. The molecule has 1 fully saturated rings. The lowest BCUT2D eigenvalue weighted by atomic mass is 9.97. The first-order valence-electron chi connectivity index (χ1n) is 6.86. The number of nitrogens with zero attached hydrogens (tertiary/aromatic N) is 1. The molecule has 1 aromatic rings. The summed E-state index contributed by atoms with van der Waals surface area (Å²) in [5.41, 5.74) is 1.31. The second-order valence-electron chi connectivity index (χ2n) is 5.71. The fourth-order valence-electron chi connectivity index (χ4n) is 3.20. The first kappa shape index (κ1) is 13.8. The van der Waals surface area contributed by atoms with E-state index in [9.17, 15) is 14.7 Å². The van der Waals surface area contributed by atoms with Gasteiger partial charge >= 0.3 is 5.97 Å². The number of hydrogen-bond acceptors (Lipinski definition) is 2. The van der Waals surface area contributed by atoms with Crippen LogP contribution < -0.4 is 5.56 Å². The molecule has 0 spiro atoms. The molecule has 4 nitrogen and oxygen atoms in total. The van der Waals surface area contributed by atoms with Crippen LogP contribution in [0, 0.1) is 25.7 Å². The van der Waals surface area contributed by atoms with Crippen LogP contribution in [0.25, 0.3) is 0 Å². The Bertz CT molecular complexity index is 559. The van der Waals surface area contributed by atoms with Crippen LogP contribution in [0.1, 0.15) is 47.8 Å². The Hall–Kier alpha value is -1.58. The zero-order valence-corrected chi connectivity index (χ0v) is 11.8. The molecule has 2 atom stereocenters. The van der Waals surface area contributed by atoms with E-state index >= 15 is 0 Å². The van der Waals surface area contributed by atoms with Crippen LogP contribution in [0.3, 0.4) is 0 Å². The van der Waals surface area contributed by atoms with E-state index in [-0.39, 0.29) is 11.1 Å². The van der Waals surface area contributed by atoms with Crippen LogP contribution in [0.2, 0.25) is 0 Å². The van der Waals surface area contributed by atoms with Crippen molar-refractivity contribution in [2.75, 3.05) is 0 Å². The molecule has 1 aromatic heterocycles. The molecule has 1 aliphatic rings. The highest BCUT2D eigenvalue weighted by molar-refractivity contribution is 5.90. The molecule has 0 radical (unpaired) electrons. The lowest BCUT2D eigenvalue weighted by Crippen LogP contribution is -2.29. The van der Waals surface area contributed by atoms with Crippen molar-refractivity contribution in [2.24, 2.45) is 11.8 Å². The van der Waals surface area contributed by atoms with Gasteiger partial charge in [-0.1, -0.05) is 19.8 Å². The molecule has 0 aromatic carbocycles. The van der Waals surface area contributed by atoms with Crippen molar-refractivity contribution < 1.29 is 9.90 Å². The smallest absolute Gasteiger partial charge is 0.337 e. The van der Waals surface area contributed by atoms with Crippen molar-refractivity contribution in [3.8, 4) is 0 Å². The molecule has 0 saturated heterocycles. The minimum absolute atomic E-state index is 0.0842. The summed E-state index contributed by atoms with van der Waals surface area (Å²) in [6, 6.07) is 1.44. The maximum atomic E-state index is 12.1. The first-order chi connectivity index (χ1) is 8.91. The minimum Gasteiger partial charge on any atom is -0.478 e. The molecule has 4 heteroatoms. The highest BCUT2D eigenvalue weighted by Crippen LogP contribution is 2.32. The predicted molar refractivity (Wildman–Crippen MR) is 73.6 cm³/mol. The summed E-state index contributed by atoms with van der Waals surface area (Å²) in [5.74, 6) is 0.143. The van der Waals surface area contributed by atoms with Crippen molar-refractivity contribution in [1.29, 1.82) is 0 Å². The van der Waals surface area contributed by atoms with E-state index in [4.69, 9.17) is 0 Å². The quantitative estimate of drug-likeness (QED) is 0.911. The van der Waals surface area contributed by atoms with Crippen LogP contribution >= 0.6 is 0 Å². The molecule has 0 aliphatic heterocycles. The fourth-order valence-corrected chi connectivity index (χ4v) is 3.20. The molecule has 1 heterocycles. The molecule has 0 amide bonds. The lowest BCUT2D eigenvalue weighted by molar-refractivity contribution is 0.0694. The van der Waals surface area contributed by atoms with Gasteiger partial charge in [0.2, 0.25) is 0 Å². The van der Waals surface area contributed by atoms with Crippen LogP contribution in [0.5, 0.6) is 0 Å². The molecule has 1 aliphatic carbocycles. The number of aromatic nitrogens is 1. The fraction of sp³-hybridized carbons (Fsp3) is 0.600. The Balaban J connectivity index is 2.42. The van der Waals surface area contributed by atoms with Gasteiger partial charge in [0.15, 0.2) is 0 Å². The molecule has 104 valence electrons. The highest BCUT2D eigenvalue weighted by Gasteiger charge is 2.25. The summed E-state index contributed by atoms with van der Waals surface area (Å²) >= 11 is 0. The maximum Gasteiger partial charge on any atom is 0.337 e. The maximum absolute atomic E-state index is 12.1. The SMILES string of the molecule is Cc1cc(=O)n(CC2CCCC2C)c(C)c1C(=O)O. The van der Waals surface area contributed by atoms with Gasteiger partial charge in [-0.3, -0.25) is 4.79 Å². The average molecular weight is 263 g/mol. The van der Waals surface area contributed by atoms with Gasteiger partial charge in [-0.2, -0.15) is 0 Å². The van der Waals surface area contributed by atoms with Gasteiger partial charge < -0.3 is 9.67 Å². The van der Waals surface area contributed by atoms with Gasteiger partial charge in [0.05, 0.1) is 5.56 Å². The Kier molecular flexibility index (Phi) is 3.78.